The van der Waals surface area contributed by atoms with Gasteiger partial charge in [-0.05, 0) is 12.3 Å². The highest BCUT2D eigenvalue weighted by Gasteiger charge is 2.35. The second-order valence-corrected chi connectivity index (χ2v) is 3.94. The van der Waals surface area contributed by atoms with Gasteiger partial charge in [-0.3, -0.25) is 0 Å². The van der Waals surface area contributed by atoms with E-state index in [4.69, 9.17) is 0 Å². The molecule has 0 saturated carbocycles. The number of hydrogen-bond donors (Lipinski definition) is 1. The Morgan fingerprint density at radius 2 is 2.00 bits per heavy atom. The van der Waals surface area contributed by atoms with Crippen LogP contribution in [0.25, 0.3) is 0 Å². The van der Waals surface area contributed by atoms with Crippen LogP contribution in [0.2, 0.25) is 0 Å². The molecule has 2 atom stereocenters. The molecule has 0 aromatic heterocycles. The van der Waals surface area contributed by atoms with Crippen molar-refractivity contribution < 1.29 is 9.90 Å². The summed E-state index contributed by atoms with van der Waals surface area (Å²) in [4.78, 5) is 10.8. The fourth-order valence-electron chi connectivity index (χ4n) is 1.18. The molecule has 0 spiro atoms. The first kappa shape index (κ1) is 11.6. The SMILES string of the molecule is CCCC(O)C(C)(C=O)C(C)C. The predicted molar refractivity (Wildman–Crippen MR) is 49.9 cm³/mol. The molecule has 0 saturated heterocycles. The van der Waals surface area contributed by atoms with Gasteiger partial charge in [0, 0.05) is 0 Å². The van der Waals surface area contributed by atoms with Crippen molar-refractivity contribution in [3.05, 3.63) is 0 Å². The van der Waals surface area contributed by atoms with E-state index >= 15 is 0 Å². The summed E-state index contributed by atoms with van der Waals surface area (Å²) in [6.07, 6.45) is 2.00. The van der Waals surface area contributed by atoms with E-state index in [2.05, 4.69) is 0 Å². The largest absolute Gasteiger partial charge is 0.392 e. The zero-order valence-corrected chi connectivity index (χ0v) is 8.50. The molecule has 2 nitrogen and oxygen atoms in total. The van der Waals surface area contributed by atoms with Gasteiger partial charge in [-0.15, -0.1) is 0 Å². The molecule has 0 fully saturated rings. The number of aliphatic hydroxyl groups excluding tert-OH is 1. The molecule has 0 aliphatic heterocycles. The van der Waals surface area contributed by atoms with E-state index in [-0.39, 0.29) is 5.92 Å². The second kappa shape index (κ2) is 4.61. The number of aliphatic hydroxyl groups is 1. The molecule has 2 unspecified atom stereocenters. The van der Waals surface area contributed by atoms with Crippen LogP contribution in [0.5, 0.6) is 0 Å². The van der Waals surface area contributed by atoms with E-state index in [0.29, 0.717) is 6.42 Å². The number of rotatable bonds is 5. The normalized spacial score (nSPS) is 18.8. The summed E-state index contributed by atoms with van der Waals surface area (Å²) in [5.41, 5.74) is -0.573. The number of carbonyl (C=O) groups is 1. The van der Waals surface area contributed by atoms with E-state index in [1.54, 1.807) is 0 Å². The van der Waals surface area contributed by atoms with E-state index in [1.807, 2.05) is 27.7 Å². The third kappa shape index (κ3) is 2.31. The Hall–Kier alpha value is -0.370. The average Bonchev–Trinajstić information content (AvgIpc) is 2.03. The van der Waals surface area contributed by atoms with E-state index < -0.39 is 11.5 Å². The number of carbonyl (C=O) groups excluding carboxylic acids is 1. The molecule has 72 valence electrons. The maximum absolute atomic E-state index is 10.8. The first-order valence-corrected chi connectivity index (χ1v) is 4.63. The first-order chi connectivity index (χ1) is 5.49. The topological polar surface area (TPSA) is 37.3 Å². The van der Waals surface area contributed by atoms with E-state index in [9.17, 15) is 9.90 Å². The Balaban J connectivity index is 4.39. The van der Waals surface area contributed by atoms with Gasteiger partial charge in [-0.2, -0.15) is 0 Å². The molecule has 1 N–H and O–H groups in total. The fraction of sp³-hybridized carbons (Fsp3) is 0.900. The van der Waals surface area contributed by atoms with E-state index in [0.717, 1.165) is 12.7 Å². The van der Waals surface area contributed by atoms with Crippen molar-refractivity contribution in [2.24, 2.45) is 11.3 Å². The Morgan fingerprint density at radius 3 is 2.25 bits per heavy atom. The third-order valence-corrected chi connectivity index (χ3v) is 2.78. The quantitative estimate of drug-likeness (QED) is 0.644. The molecule has 0 aromatic carbocycles. The van der Waals surface area contributed by atoms with Crippen LogP contribution in [0.4, 0.5) is 0 Å². The maximum atomic E-state index is 10.8. The van der Waals surface area contributed by atoms with Crippen molar-refractivity contribution in [1.82, 2.24) is 0 Å². The van der Waals surface area contributed by atoms with Gasteiger partial charge < -0.3 is 9.90 Å². The van der Waals surface area contributed by atoms with Gasteiger partial charge in [0.25, 0.3) is 0 Å². The zero-order valence-electron chi connectivity index (χ0n) is 8.50. The van der Waals surface area contributed by atoms with Crippen molar-refractivity contribution in [3.8, 4) is 0 Å². The third-order valence-electron chi connectivity index (χ3n) is 2.78. The van der Waals surface area contributed by atoms with Crippen LogP contribution in [0, 0.1) is 11.3 Å². The molecular weight excluding hydrogens is 152 g/mol. The standard InChI is InChI=1S/C10H20O2/c1-5-6-9(12)10(4,7-11)8(2)3/h7-9,12H,5-6H2,1-4H3. The highest BCUT2D eigenvalue weighted by molar-refractivity contribution is 5.60. The Bertz CT molecular complexity index is 143. The van der Waals surface area contributed by atoms with Gasteiger partial charge in [0.15, 0.2) is 0 Å². The minimum absolute atomic E-state index is 0.191. The van der Waals surface area contributed by atoms with Gasteiger partial charge >= 0.3 is 0 Å². The minimum atomic E-state index is -0.573. The number of aldehydes is 1. The molecule has 0 aromatic rings. The van der Waals surface area contributed by atoms with Gasteiger partial charge in [0.05, 0.1) is 11.5 Å². The molecule has 2 heteroatoms. The molecule has 0 aliphatic rings. The van der Waals surface area contributed by atoms with Crippen molar-refractivity contribution in [2.45, 2.75) is 46.6 Å². The van der Waals surface area contributed by atoms with Crippen molar-refractivity contribution in [2.75, 3.05) is 0 Å². The molecule has 0 amide bonds. The Labute approximate surface area is 75.0 Å². The lowest BCUT2D eigenvalue weighted by Gasteiger charge is -2.32. The summed E-state index contributed by atoms with van der Waals surface area (Å²) in [7, 11) is 0. The molecule has 0 rings (SSSR count). The molecular formula is C10H20O2. The molecule has 0 radical (unpaired) electrons. The van der Waals surface area contributed by atoms with Gasteiger partial charge in [-0.25, -0.2) is 0 Å². The van der Waals surface area contributed by atoms with Gasteiger partial charge in [-0.1, -0.05) is 34.1 Å². The van der Waals surface area contributed by atoms with Crippen molar-refractivity contribution >= 4 is 6.29 Å². The maximum Gasteiger partial charge on any atom is 0.128 e. The lowest BCUT2D eigenvalue weighted by molar-refractivity contribution is -0.125. The Morgan fingerprint density at radius 1 is 1.50 bits per heavy atom. The summed E-state index contributed by atoms with van der Waals surface area (Å²) in [6.45, 7) is 7.76. The van der Waals surface area contributed by atoms with Crippen molar-refractivity contribution in [3.63, 3.8) is 0 Å². The van der Waals surface area contributed by atoms with Crippen LogP contribution in [-0.2, 0) is 4.79 Å². The smallest absolute Gasteiger partial charge is 0.128 e. The minimum Gasteiger partial charge on any atom is -0.392 e. The van der Waals surface area contributed by atoms with Crippen LogP contribution in [0.1, 0.15) is 40.5 Å². The van der Waals surface area contributed by atoms with Crippen LogP contribution >= 0.6 is 0 Å². The van der Waals surface area contributed by atoms with E-state index in [1.165, 1.54) is 0 Å². The molecule has 0 bridgehead atoms. The fourth-order valence-corrected chi connectivity index (χ4v) is 1.18. The molecule has 0 heterocycles. The zero-order chi connectivity index (χ0) is 9.78. The lowest BCUT2D eigenvalue weighted by Crippen LogP contribution is -2.38. The molecule has 12 heavy (non-hydrogen) atoms. The summed E-state index contributed by atoms with van der Waals surface area (Å²) in [5, 5.41) is 9.71. The van der Waals surface area contributed by atoms with Crippen LogP contribution in [0.15, 0.2) is 0 Å². The summed E-state index contributed by atoms with van der Waals surface area (Å²) < 4.78 is 0. The van der Waals surface area contributed by atoms with Crippen LogP contribution in [0.3, 0.4) is 0 Å². The Kier molecular flexibility index (Phi) is 4.46. The van der Waals surface area contributed by atoms with Gasteiger partial charge in [0.1, 0.15) is 6.29 Å². The summed E-state index contributed by atoms with van der Waals surface area (Å²) in [5.74, 6) is 0.191. The first-order valence-electron chi connectivity index (χ1n) is 4.63. The van der Waals surface area contributed by atoms with Crippen LogP contribution < -0.4 is 0 Å². The lowest BCUT2D eigenvalue weighted by atomic mass is 9.74. The summed E-state index contributed by atoms with van der Waals surface area (Å²) >= 11 is 0. The average molecular weight is 172 g/mol. The number of hydrogen-bond acceptors (Lipinski definition) is 2. The van der Waals surface area contributed by atoms with Gasteiger partial charge in [0.2, 0.25) is 0 Å². The second-order valence-electron chi connectivity index (χ2n) is 3.94. The van der Waals surface area contributed by atoms with Crippen LogP contribution in [-0.4, -0.2) is 17.5 Å². The predicted octanol–water partition coefficient (Wildman–Crippen LogP) is 2.01. The highest BCUT2D eigenvalue weighted by atomic mass is 16.3. The monoisotopic (exact) mass is 172 g/mol. The van der Waals surface area contributed by atoms with Crippen molar-refractivity contribution in [1.29, 1.82) is 0 Å². The highest BCUT2D eigenvalue weighted by Crippen LogP contribution is 2.30. The summed E-state index contributed by atoms with van der Waals surface area (Å²) in [6, 6.07) is 0. The molecule has 0 aliphatic carbocycles.